The molecule has 0 radical (unpaired) electrons. The lowest BCUT2D eigenvalue weighted by molar-refractivity contribution is 0.257. The predicted molar refractivity (Wildman–Crippen MR) is 124 cm³/mol. The van der Waals surface area contributed by atoms with Crippen LogP contribution in [0.3, 0.4) is 0 Å². The Balaban J connectivity index is 1.19. The summed E-state index contributed by atoms with van der Waals surface area (Å²) in [5.41, 5.74) is 3.42. The molecule has 0 spiro atoms. The van der Waals surface area contributed by atoms with E-state index in [1.54, 1.807) is 7.11 Å². The number of anilines is 2. The van der Waals surface area contributed by atoms with Crippen LogP contribution >= 0.6 is 11.6 Å². The Morgan fingerprint density at radius 3 is 2.61 bits per heavy atom. The zero-order valence-corrected chi connectivity index (χ0v) is 18.7. The Bertz CT molecular complexity index is 984. The van der Waals surface area contributed by atoms with Gasteiger partial charge in [-0.1, -0.05) is 22.8 Å². The molecule has 1 aromatic heterocycles. The quantitative estimate of drug-likeness (QED) is 0.522. The third kappa shape index (κ3) is 5.48. The summed E-state index contributed by atoms with van der Waals surface area (Å²) in [5.74, 6) is 1.37. The lowest BCUT2D eigenvalue weighted by Gasteiger charge is -2.36. The molecule has 1 fully saturated rings. The number of aryl methyl sites for hydroxylation is 1. The molecule has 1 aliphatic rings. The second-order valence-corrected chi connectivity index (χ2v) is 8.13. The van der Waals surface area contributed by atoms with Crippen LogP contribution in [0.2, 0.25) is 5.02 Å². The third-order valence-corrected chi connectivity index (χ3v) is 5.82. The van der Waals surface area contributed by atoms with Gasteiger partial charge in [0.15, 0.2) is 0 Å². The topological polar surface area (TPSA) is 66.7 Å². The highest BCUT2D eigenvalue weighted by Gasteiger charge is 2.18. The van der Waals surface area contributed by atoms with E-state index in [0.717, 1.165) is 62.0 Å². The molecule has 1 aliphatic heterocycles. The maximum atomic E-state index is 6.18. The van der Waals surface area contributed by atoms with E-state index in [0.29, 0.717) is 11.8 Å². The van der Waals surface area contributed by atoms with Gasteiger partial charge < -0.3 is 19.5 Å². The first-order valence-corrected chi connectivity index (χ1v) is 11.0. The van der Waals surface area contributed by atoms with Gasteiger partial charge in [-0.3, -0.25) is 4.90 Å². The highest BCUT2D eigenvalue weighted by Crippen LogP contribution is 2.25. The summed E-state index contributed by atoms with van der Waals surface area (Å²) in [6.07, 6.45) is 1.01. The summed E-state index contributed by atoms with van der Waals surface area (Å²) >= 11 is 6.18. The fraction of sp³-hybridized carbons (Fsp3) is 0.391. The van der Waals surface area contributed by atoms with Crippen LogP contribution in [0.1, 0.15) is 12.0 Å². The Kier molecular flexibility index (Phi) is 6.94. The molecular formula is C23H28ClN5O2. The van der Waals surface area contributed by atoms with Crippen LogP contribution in [0, 0.1) is 6.92 Å². The molecule has 0 unspecified atom stereocenters. The number of methoxy groups -OCH3 is 1. The van der Waals surface area contributed by atoms with Crippen molar-refractivity contribution >= 4 is 23.3 Å². The molecule has 2 heterocycles. The first kappa shape index (κ1) is 21.5. The smallest absolute Gasteiger partial charge is 0.321 e. The van der Waals surface area contributed by atoms with E-state index in [4.69, 9.17) is 20.9 Å². The van der Waals surface area contributed by atoms with Gasteiger partial charge in [0.05, 0.1) is 7.11 Å². The van der Waals surface area contributed by atoms with Gasteiger partial charge in [0, 0.05) is 49.0 Å². The van der Waals surface area contributed by atoms with Gasteiger partial charge in [-0.05, 0) is 61.9 Å². The molecule has 31 heavy (non-hydrogen) atoms. The lowest BCUT2D eigenvalue weighted by atomic mass is 10.1. The lowest BCUT2D eigenvalue weighted by Crippen LogP contribution is -2.47. The van der Waals surface area contributed by atoms with Crippen molar-refractivity contribution in [2.24, 2.45) is 0 Å². The average molecular weight is 442 g/mol. The number of ether oxygens (including phenoxy) is 1. The SMILES string of the molecule is COc1ccc(-c2noc(NCCCN3CCN(c4cc(Cl)ccc4C)CC3)n2)cc1. The summed E-state index contributed by atoms with van der Waals surface area (Å²) < 4.78 is 10.5. The van der Waals surface area contributed by atoms with E-state index in [2.05, 4.69) is 44.3 Å². The minimum absolute atomic E-state index is 0.451. The van der Waals surface area contributed by atoms with Gasteiger partial charge >= 0.3 is 6.01 Å². The molecule has 0 saturated carbocycles. The van der Waals surface area contributed by atoms with Crippen LogP contribution in [-0.2, 0) is 0 Å². The maximum absolute atomic E-state index is 6.18. The summed E-state index contributed by atoms with van der Waals surface area (Å²) in [7, 11) is 1.64. The fourth-order valence-electron chi connectivity index (χ4n) is 3.79. The molecule has 1 saturated heterocycles. The molecule has 0 aliphatic carbocycles. The standard InChI is InChI=1S/C23H28ClN5O2/c1-17-4-7-19(24)16-21(17)29-14-12-28(13-15-29)11-3-10-25-23-26-22(27-31-23)18-5-8-20(30-2)9-6-18/h4-9,16H,3,10-15H2,1-2H3,(H,25,26,27). The molecule has 1 N–H and O–H groups in total. The number of hydrogen-bond acceptors (Lipinski definition) is 7. The molecule has 0 atom stereocenters. The van der Waals surface area contributed by atoms with Gasteiger partial charge in [-0.2, -0.15) is 4.98 Å². The first-order valence-electron chi connectivity index (χ1n) is 10.6. The van der Waals surface area contributed by atoms with Crippen molar-refractivity contribution in [3.8, 4) is 17.1 Å². The number of nitrogens with one attached hydrogen (secondary N) is 1. The average Bonchev–Trinajstić information content (AvgIpc) is 3.28. The highest BCUT2D eigenvalue weighted by atomic mass is 35.5. The number of aromatic nitrogens is 2. The van der Waals surface area contributed by atoms with E-state index in [1.165, 1.54) is 11.3 Å². The zero-order valence-electron chi connectivity index (χ0n) is 18.0. The number of nitrogens with zero attached hydrogens (tertiary/aromatic N) is 4. The van der Waals surface area contributed by atoms with Crippen molar-refractivity contribution in [2.75, 3.05) is 56.6 Å². The summed E-state index contributed by atoms with van der Waals surface area (Å²) in [6.45, 7) is 8.10. The second kappa shape index (κ2) is 10.0. The van der Waals surface area contributed by atoms with Gasteiger partial charge in [0.2, 0.25) is 5.82 Å². The van der Waals surface area contributed by atoms with Crippen LogP contribution in [0.4, 0.5) is 11.7 Å². The molecule has 3 aromatic rings. The summed E-state index contributed by atoms with van der Waals surface area (Å²) in [4.78, 5) is 9.34. The van der Waals surface area contributed by atoms with Crippen molar-refractivity contribution < 1.29 is 9.26 Å². The number of piperazine rings is 1. The highest BCUT2D eigenvalue weighted by molar-refractivity contribution is 6.30. The fourth-order valence-corrected chi connectivity index (χ4v) is 3.95. The number of benzene rings is 2. The van der Waals surface area contributed by atoms with Crippen molar-refractivity contribution in [3.63, 3.8) is 0 Å². The van der Waals surface area contributed by atoms with E-state index < -0.39 is 0 Å². The van der Waals surface area contributed by atoms with Crippen LogP contribution in [0.5, 0.6) is 5.75 Å². The van der Waals surface area contributed by atoms with E-state index in [-0.39, 0.29) is 0 Å². The van der Waals surface area contributed by atoms with Crippen LogP contribution in [-0.4, -0.2) is 61.4 Å². The second-order valence-electron chi connectivity index (χ2n) is 7.69. The monoisotopic (exact) mass is 441 g/mol. The Morgan fingerprint density at radius 2 is 1.87 bits per heavy atom. The molecule has 0 bridgehead atoms. The number of rotatable bonds is 8. The van der Waals surface area contributed by atoms with Crippen molar-refractivity contribution in [1.29, 1.82) is 0 Å². The van der Waals surface area contributed by atoms with Gasteiger partial charge in [-0.15, -0.1) is 0 Å². The van der Waals surface area contributed by atoms with E-state index in [1.807, 2.05) is 30.3 Å². The molecule has 164 valence electrons. The maximum Gasteiger partial charge on any atom is 0.321 e. The summed E-state index contributed by atoms with van der Waals surface area (Å²) in [5, 5.41) is 8.07. The number of hydrogen-bond donors (Lipinski definition) is 1. The molecule has 8 heteroatoms. The number of halogens is 1. The van der Waals surface area contributed by atoms with Crippen LogP contribution in [0.15, 0.2) is 47.0 Å². The van der Waals surface area contributed by atoms with Crippen molar-refractivity contribution in [1.82, 2.24) is 15.0 Å². The predicted octanol–water partition coefficient (Wildman–Crippen LogP) is 4.33. The minimum atomic E-state index is 0.451. The molecular weight excluding hydrogens is 414 g/mol. The Labute approximate surface area is 187 Å². The molecule has 0 amide bonds. The molecule has 4 rings (SSSR count). The van der Waals surface area contributed by atoms with Crippen molar-refractivity contribution in [3.05, 3.63) is 53.1 Å². The van der Waals surface area contributed by atoms with Gasteiger partial charge in [-0.25, -0.2) is 0 Å². The Morgan fingerprint density at radius 1 is 1.10 bits per heavy atom. The van der Waals surface area contributed by atoms with Crippen LogP contribution in [0.25, 0.3) is 11.4 Å². The molecule has 2 aromatic carbocycles. The van der Waals surface area contributed by atoms with Crippen LogP contribution < -0.4 is 15.0 Å². The largest absolute Gasteiger partial charge is 0.497 e. The van der Waals surface area contributed by atoms with Crippen molar-refractivity contribution in [2.45, 2.75) is 13.3 Å². The van der Waals surface area contributed by atoms with E-state index >= 15 is 0 Å². The van der Waals surface area contributed by atoms with E-state index in [9.17, 15) is 0 Å². The molecule has 7 nitrogen and oxygen atoms in total. The third-order valence-electron chi connectivity index (χ3n) is 5.59. The van der Waals surface area contributed by atoms with Gasteiger partial charge in [0.25, 0.3) is 0 Å². The summed E-state index contributed by atoms with van der Waals surface area (Å²) in [6, 6.07) is 14.2. The zero-order chi connectivity index (χ0) is 21.6. The normalized spacial score (nSPS) is 14.6. The first-order chi connectivity index (χ1) is 15.1. The Hall–Kier alpha value is -2.77. The minimum Gasteiger partial charge on any atom is -0.497 e. The van der Waals surface area contributed by atoms with Gasteiger partial charge in [0.1, 0.15) is 5.75 Å².